The van der Waals surface area contributed by atoms with Crippen LogP contribution in [-0.4, -0.2) is 6.61 Å². The summed E-state index contributed by atoms with van der Waals surface area (Å²) in [5.41, 5.74) is 3.28. The van der Waals surface area contributed by atoms with E-state index >= 15 is 0 Å². The molecule has 0 N–H and O–H groups in total. The molecule has 0 spiro atoms. The first-order valence-electron chi connectivity index (χ1n) is 10.2. The van der Waals surface area contributed by atoms with Crippen LogP contribution in [0.4, 0.5) is 4.39 Å². The Bertz CT molecular complexity index is 684. The van der Waals surface area contributed by atoms with Crippen LogP contribution in [0.15, 0.2) is 42.5 Å². The van der Waals surface area contributed by atoms with Crippen LogP contribution >= 0.6 is 0 Å². The number of aryl methyl sites for hydroxylation is 1. The maximum absolute atomic E-state index is 14.5. The van der Waals surface area contributed by atoms with Gasteiger partial charge < -0.3 is 4.74 Å². The predicted octanol–water partition coefficient (Wildman–Crippen LogP) is 7.04. The van der Waals surface area contributed by atoms with Gasteiger partial charge in [-0.3, -0.25) is 0 Å². The molecule has 3 rings (SSSR count). The van der Waals surface area contributed by atoms with Gasteiger partial charge in [0.05, 0.1) is 6.61 Å². The number of rotatable bonds is 7. The first-order valence-corrected chi connectivity index (χ1v) is 10.2. The minimum Gasteiger partial charge on any atom is -0.490 e. The highest BCUT2D eigenvalue weighted by atomic mass is 19.1. The van der Waals surface area contributed by atoms with Gasteiger partial charge in [0.1, 0.15) is 0 Å². The van der Waals surface area contributed by atoms with Gasteiger partial charge in [-0.2, -0.15) is 0 Å². The van der Waals surface area contributed by atoms with Crippen LogP contribution in [0.5, 0.6) is 5.75 Å². The zero-order valence-corrected chi connectivity index (χ0v) is 16.1. The van der Waals surface area contributed by atoms with Crippen LogP contribution in [0.3, 0.4) is 0 Å². The van der Waals surface area contributed by atoms with E-state index in [1.807, 2.05) is 6.07 Å². The fourth-order valence-corrected chi connectivity index (χ4v) is 3.96. The third kappa shape index (κ3) is 4.87. The molecule has 0 aromatic heterocycles. The zero-order valence-electron chi connectivity index (χ0n) is 16.1. The molecule has 2 aromatic carbocycles. The van der Waals surface area contributed by atoms with Crippen molar-refractivity contribution in [2.24, 2.45) is 11.8 Å². The summed E-state index contributed by atoms with van der Waals surface area (Å²) in [7, 11) is 0. The Morgan fingerprint density at radius 2 is 1.54 bits per heavy atom. The maximum Gasteiger partial charge on any atom is 0.165 e. The van der Waals surface area contributed by atoms with Crippen LogP contribution in [0.2, 0.25) is 0 Å². The van der Waals surface area contributed by atoms with Crippen molar-refractivity contribution in [3.05, 3.63) is 53.8 Å². The van der Waals surface area contributed by atoms with Crippen LogP contribution < -0.4 is 4.74 Å². The summed E-state index contributed by atoms with van der Waals surface area (Å²) >= 11 is 0. The smallest absolute Gasteiger partial charge is 0.165 e. The van der Waals surface area contributed by atoms with E-state index < -0.39 is 0 Å². The molecule has 0 heterocycles. The zero-order chi connectivity index (χ0) is 18.4. The minimum atomic E-state index is -0.262. The second kappa shape index (κ2) is 9.21. The Morgan fingerprint density at radius 1 is 0.885 bits per heavy atom. The fourth-order valence-electron chi connectivity index (χ4n) is 3.96. The Hall–Kier alpha value is -1.83. The molecule has 1 saturated carbocycles. The highest BCUT2D eigenvalue weighted by Gasteiger charge is 2.20. The van der Waals surface area contributed by atoms with Crippen LogP contribution in [-0.2, 0) is 6.42 Å². The first kappa shape index (κ1) is 18.9. The lowest BCUT2D eigenvalue weighted by molar-refractivity contribution is 0.176. The minimum absolute atomic E-state index is 0.262. The molecule has 0 radical (unpaired) electrons. The SMILES string of the molecule is CCCc1ccc(-c2ccc(OC[C@H]3CC[C@H](CC)CC3)c(F)c2)cc1. The maximum atomic E-state index is 14.5. The summed E-state index contributed by atoms with van der Waals surface area (Å²) in [6, 6.07) is 13.8. The molecule has 2 aromatic rings. The van der Waals surface area contributed by atoms with E-state index in [0.29, 0.717) is 18.3 Å². The molecule has 1 nitrogen and oxygen atoms in total. The topological polar surface area (TPSA) is 9.23 Å². The number of hydrogen-bond donors (Lipinski definition) is 0. The quantitative estimate of drug-likeness (QED) is 0.518. The van der Waals surface area contributed by atoms with Crippen molar-refractivity contribution >= 4 is 0 Å². The van der Waals surface area contributed by atoms with E-state index in [0.717, 1.165) is 29.9 Å². The van der Waals surface area contributed by atoms with Gasteiger partial charge in [-0.15, -0.1) is 0 Å². The van der Waals surface area contributed by atoms with Crippen molar-refractivity contribution < 1.29 is 9.13 Å². The van der Waals surface area contributed by atoms with E-state index in [1.165, 1.54) is 37.7 Å². The molecular weight excluding hydrogens is 323 g/mol. The Kier molecular flexibility index (Phi) is 6.71. The number of hydrogen-bond acceptors (Lipinski definition) is 1. The third-order valence-electron chi connectivity index (χ3n) is 5.78. The third-order valence-corrected chi connectivity index (χ3v) is 5.78. The molecule has 26 heavy (non-hydrogen) atoms. The van der Waals surface area contributed by atoms with Crippen molar-refractivity contribution in [2.75, 3.05) is 6.61 Å². The van der Waals surface area contributed by atoms with Crippen LogP contribution in [0, 0.1) is 17.7 Å². The Balaban J connectivity index is 1.59. The molecule has 1 aliphatic rings. The molecule has 0 unspecified atom stereocenters. The lowest BCUT2D eigenvalue weighted by Crippen LogP contribution is -2.20. The molecule has 0 amide bonds. The molecule has 1 fully saturated rings. The number of ether oxygens (including phenoxy) is 1. The van der Waals surface area contributed by atoms with Crippen LogP contribution in [0.25, 0.3) is 11.1 Å². The summed E-state index contributed by atoms with van der Waals surface area (Å²) in [6.07, 6.45) is 8.51. The summed E-state index contributed by atoms with van der Waals surface area (Å²) in [5, 5.41) is 0. The number of halogens is 1. The average molecular weight is 355 g/mol. The van der Waals surface area contributed by atoms with E-state index in [9.17, 15) is 4.39 Å². The second-order valence-electron chi connectivity index (χ2n) is 7.70. The van der Waals surface area contributed by atoms with E-state index in [2.05, 4.69) is 38.1 Å². The summed E-state index contributed by atoms with van der Waals surface area (Å²) in [5.74, 6) is 1.57. The van der Waals surface area contributed by atoms with Crippen molar-refractivity contribution in [3.8, 4) is 16.9 Å². The van der Waals surface area contributed by atoms with E-state index in [4.69, 9.17) is 4.74 Å². The lowest BCUT2D eigenvalue weighted by atomic mass is 9.81. The Morgan fingerprint density at radius 3 is 2.15 bits per heavy atom. The molecule has 140 valence electrons. The molecule has 0 aliphatic heterocycles. The number of benzene rings is 2. The highest BCUT2D eigenvalue weighted by Crippen LogP contribution is 2.32. The van der Waals surface area contributed by atoms with E-state index in [-0.39, 0.29) is 5.82 Å². The van der Waals surface area contributed by atoms with Crippen molar-refractivity contribution in [1.82, 2.24) is 0 Å². The highest BCUT2D eigenvalue weighted by molar-refractivity contribution is 5.64. The van der Waals surface area contributed by atoms with Gasteiger partial charge in [0, 0.05) is 0 Å². The van der Waals surface area contributed by atoms with Gasteiger partial charge in [0.2, 0.25) is 0 Å². The van der Waals surface area contributed by atoms with Gasteiger partial charge in [0.15, 0.2) is 11.6 Å². The molecule has 0 bridgehead atoms. The summed E-state index contributed by atoms with van der Waals surface area (Å²) < 4.78 is 20.3. The van der Waals surface area contributed by atoms with Crippen LogP contribution in [0.1, 0.15) is 57.9 Å². The Labute approximate surface area is 157 Å². The average Bonchev–Trinajstić information content (AvgIpc) is 2.68. The molecule has 0 atom stereocenters. The molecule has 1 aliphatic carbocycles. The standard InChI is InChI=1S/C24H31FO/c1-3-5-19-10-12-21(13-11-19)22-14-15-24(23(25)16-22)26-17-20-8-6-18(4-2)7-9-20/h10-16,18,20H,3-9,17H2,1-2H3/t18-,20-. The molecule has 0 saturated heterocycles. The predicted molar refractivity (Wildman–Crippen MR) is 107 cm³/mol. The molecule has 2 heteroatoms. The van der Waals surface area contributed by atoms with Crippen molar-refractivity contribution in [3.63, 3.8) is 0 Å². The first-order chi connectivity index (χ1) is 12.7. The summed E-state index contributed by atoms with van der Waals surface area (Å²) in [4.78, 5) is 0. The van der Waals surface area contributed by atoms with Gasteiger partial charge >= 0.3 is 0 Å². The molecular formula is C24H31FO. The van der Waals surface area contributed by atoms with Gasteiger partial charge in [0.25, 0.3) is 0 Å². The monoisotopic (exact) mass is 354 g/mol. The van der Waals surface area contributed by atoms with Gasteiger partial charge in [-0.1, -0.05) is 69.9 Å². The summed E-state index contributed by atoms with van der Waals surface area (Å²) in [6.45, 7) is 5.09. The van der Waals surface area contributed by atoms with Crippen molar-refractivity contribution in [2.45, 2.75) is 58.8 Å². The lowest BCUT2D eigenvalue weighted by Gasteiger charge is -2.27. The normalized spacial score (nSPS) is 20.1. The van der Waals surface area contributed by atoms with E-state index in [1.54, 1.807) is 12.1 Å². The second-order valence-corrected chi connectivity index (χ2v) is 7.70. The van der Waals surface area contributed by atoms with Gasteiger partial charge in [-0.05, 0) is 59.9 Å². The van der Waals surface area contributed by atoms with Crippen molar-refractivity contribution in [1.29, 1.82) is 0 Å². The largest absolute Gasteiger partial charge is 0.490 e. The van der Waals surface area contributed by atoms with Gasteiger partial charge in [-0.25, -0.2) is 4.39 Å². The fraction of sp³-hybridized carbons (Fsp3) is 0.500.